The second kappa shape index (κ2) is 13.5. The molecule has 0 bridgehead atoms. The SMILES string of the molecule is COc1cc(C2(C(OC(=O)[O-])[C@H]3CN[C@H](C(=O)NCCc4ccccc4)C3)SCCCS2)cc(OC)c1OC. The lowest BCUT2D eigenvalue weighted by molar-refractivity contribution is -0.289. The van der Waals surface area contributed by atoms with Crippen molar-refractivity contribution >= 4 is 35.6 Å². The molecule has 2 heterocycles. The zero-order valence-electron chi connectivity index (χ0n) is 22.4. The molecule has 39 heavy (non-hydrogen) atoms. The van der Waals surface area contributed by atoms with Crippen molar-refractivity contribution in [1.29, 1.82) is 0 Å². The molecule has 1 amide bonds. The molecule has 4 rings (SSSR count). The molecular weight excluding hydrogens is 540 g/mol. The highest BCUT2D eigenvalue weighted by Gasteiger charge is 2.49. The van der Waals surface area contributed by atoms with E-state index in [0.29, 0.717) is 36.8 Å². The number of ether oxygens (including phenoxy) is 4. The van der Waals surface area contributed by atoms with Gasteiger partial charge in [0.05, 0.1) is 33.5 Å². The molecule has 2 aromatic rings. The van der Waals surface area contributed by atoms with Crippen molar-refractivity contribution < 1.29 is 33.6 Å². The monoisotopic (exact) mass is 575 g/mol. The second-order valence-corrected chi connectivity index (χ2v) is 12.3. The molecule has 0 radical (unpaired) electrons. The quantitative estimate of drug-likeness (QED) is 0.387. The van der Waals surface area contributed by atoms with Gasteiger partial charge >= 0.3 is 0 Å². The van der Waals surface area contributed by atoms with Crippen LogP contribution in [0.2, 0.25) is 0 Å². The standard InChI is InChI=1S/C28H36N2O7S2/c1-34-22-15-20(16-23(35-2)24(22)36-3)28(38-12-7-13-39-28)25(37-27(32)33)19-14-21(30-17-19)26(31)29-11-10-18-8-5-4-6-9-18/h4-6,8-9,15-16,19,21,25,30H,7,10-14,17H2,1-3H3,(H,29,31)(H,32,33)/p-1/t19-,21+,25?/m1/s1. The number of thioether (sulfide) groups is 2. The third kappa shape index (κ3) is 6.70. The molecule has 2 saturated heterocycles. The first-order chi connectivity index (χ1) is 18.9. The Bertz CT molecular complexity index is 1100. The van der Waals surface area contributed by atoms with Crippen LogP contribution < -0.4 is 30.0 Å². The molecule has 2 fully saturated rings. The number of carbonyl (C=O) groups excluding carboxylic acids is 2. The maximum atomic E-state index is 13.0. The van der Waals surface area contributed by atoms with Crippen LogP contribution in [0.3, 0.4) is 0 Å². The Hall–Kier alpha value is -2.76. The summed E-state index contributed by atoms with van der Waals surface area (Å²) in [6.45, 7) is 0.952. The molecule has 2 aromatic carbocycles. The number of amides is 1. The summed E-state index contributed by atoms with van der Waals surface area (Å²) in [6, 6.07) is 13.2. The fraction of sp³-hybridized carbons (Fsp3) is 0.500. The lowest BCUT2D eigenvalue weighted by atomic mass is 9.91. The van der Waals surface area contributed by atoms with E-state index in [1.807, 2.05) is 42.5 Å². The molecular formula is C28H35N2O7S2-. The van der Waals surface area contributed by atoms with Crippen molar-refractivity contribution in [1.82, 2.24) is 10.6 Å². The molecule has 11 heteroatoms. The van der Waals surface area contributed by atoms with Crippen LogP contribution in [-0.4, -0.2) is 70.1 Å². The van der Waals surface area contributed by atoms with Gasteiger partial charge in [-0.15, -0.1) is 23.5 Å². The van der Waals surface area contributed by atoms with Crippen molar-refractivity contribution in [3.63, 3.8) is 0 Å². The zero-order valence-corrected chi connectivity index (χ0v) is 24.0. The van der Waals surface area contributed by atoms with Gasteiger partial charge in [0.25, 0.3) is 6.16 Å². The van der Waals surface area contributed by atoms with Crippen molar-refractivity contribution in [2.75, 3.05) is 45.9 Å². The van der Waals surface area contributed by atoms with Crippen LogP contribution in [0.15, 0.2) is 42.5 Å². The number of hydrogen-bond acceptors (Lipinski definition) is 10. The molecule has 2 aliphatic rings. The van der Waals surface area contributed by atoms with E-state index in [2.05, 4.69) is 10.6 Å². The lowest BCUT2D eigenvalue weighted by Gasteiger charge is -2.47. The Morgan fingerprint density at radius 3 is 2.33 bits per heavy atom. The van der Waals surface area contributed by atoms with Gasteiger partial charge in [0, 0.05) is 13.1 Å². The first kappa shape index (κ1) is 29.2. The predicted octanol–water partition coefficient (Wildman–Crippen LogP) is 2.80. The summed E-state index contributed by atoms with van der Waals surface area (Å²) in [7, 11) is 4.63. The summed E-state index contributed by atoms with van der Waals surface area (Å²) < 4.78 is 21.5. The fourth-order valence-corrected chi connectivity index (χ4v) is 8.78. The zero-order chi connectivity index (χ0) is 27.8. The van der Waals surface area contributed by atoms with E-state index in [0.717, 1.165) is 35.5 Å². The first-order valence-electron chi connectivity index (χ1n) is 12.9. The van der Waals surface area contributed by atoms with Crippen LogP contribution in [0.4, 0.5) is 4.79 Å². The molecule has 212 valence electrons. The summed E-state index contributed by atoms with van der Waals surface area (Å²) >= 11 is 3.28. The number of benzene rings is 2. The number of carboxylic acid groups (broad SMARTS) is 1. The van der Waals surface area contributed by atoms with Gasteiger partial charge < -0.3 is 39.5 Å². The van der Waals surface area contributed by atoms with Crippen molar-refractivity contribution in [3.05, 3.63) is 53.6 Å². The summed E-state index contributed by atoms with van der Waals surface area (Å²) in [6.07, 6.45) is -0.224. The number of rotatable bonds is 11. The van der Waals surface area contributed by atoms with Crippen LogP contribution in [-0.2, 0) is 20.0 Å². The average molecular weight is 576 g/mol. The minimum absolute atomic E-state index is 0.105. The van der Waals surface area contributed by atoms with Crippen LogP contribution >= 0.6 is 23.5 Å². The molecule has 2 N–H and O–H groups in total. The first-order valence-corrected chi connectivity index (χ1v) is 14.9. The van der Waals surface area contributed by atoms with Crippen LogP contribution in [0, 0.1) is 5.92 Å². The minimum Gasteiger partial charge on any atom is -0.543 e. The van der Waals surface area contributed by atoms with E-state index in [1.165, 1.54) is 7.11 Å². The number of hydrogen-bond donors (Lipinski definition) is 2. The van der Waals surface area contributed by atoms with Crippen LogP contribution in [0.1, 0.15) is 24.0 Å². The normalized spacial score (nSPS) is 21.0. The number of nitrogens with one attached hydrogen (secondary N) is 2. The average Bonchev–Trinajstić information content (AvgIpc) is 3.46. The summed E-state index contributed by atoms with van der Waals surface area (Å²) in [5, 5.41) is 18.2. The topological polar surface area (TPSA) is 118 Å². The Morgan fingerprint density at radius 2 is 1.74 bits per heavy atom. The molecule has 3 atom stereocenters. The highest BCUT2D eigenvalue weighted by atomic mass is 32.2. The molecule has 0 saturated carbocycles. The number of methoxy groups -OCH3 is 3. The van der Waals surface area contributed by atoms with Gasteiger partial charge in [-0.25, -0.2) is 0 Å². The minimum atomic E-state index is -1.59. The molecule has 2 aliphatic heterocycles. The third-order valence-corrected chi connectivity index (χ3v) is 10.5. The summed E-state index contributed by atoms with van der Waals surface area (Å²) in [4.78, 5) is 24.9. The van der Waals surface area contributed by atoms with Gasteiger partial charge in [-0.1, -0.05) is 30.3 Å². The molecule has 0 spiro atoms. The molecule has 9 nitrogen and oxygen atoms in total. The van der Waals surface area contributed by atoms with Crippen molar-refractivity contribution in [3.8, 4) is 17.2 Å². The maximum absolute atomic E-state index is 13.0. The highest BCUT2D eigenvalue weighted by molar-refractivity contribution is 8.18. The third-order valence-electron chi connectivity index (χ3n) is 7.05. The van der Waals surface area contributed by atoms with Crippen molar-refractivity contribution in [2.45, 2.75) is 35.5 Å². The van der Waals surface area contributed by atoms with Gasteiger partial charge in [-0.05, 0) is 59.9 Å². The second-order valence-electron chi connectivity index (χ2n) is 9.40. The van der Waals surface area contributed by atoms with E-state index in [-0.39, 0.29) is 11.8 Å². The van der Waals surface area contributed by atoms with Gasteiger partial charge in [0.2, 0.25) is 11.7 Å². The molecule has 0 aliphatic carbocycles. The predicted molar refractivity (Wildman–Crippen MR) is 151 cm³/mol. The number of carbonyl (C=O) groups is 2. The van der Waals surface area contributed by atoms with Crippen LogP contribution in [0.5, 0.6) is 17.2 Å². The Labute approximate surface area is 237 Å². The fourth-order valence-electron chi connectivity index (χ4n) is 5.20. The van der Waals surface area contributed by atoms with Gasteiger partial charge in [0.1, 0.15) is 4.08 Å². The maximum Gasteiger partial charge on any atom is 0.252 e. The van der Waals surface area contributed by atoms with Gasteiger partial charge in [-0.2, -0.15) is 0 Å². The van der Waals surface area contributed by atoms with Gasteiger partial charge in [-0.3, -0.25) is 4.79 Å². The van der Waals surface area contributed by atoms with Crippen molar-refractivity contribution in [2.24, 2.45) is 5.92 Å². The van der Waals surface area contributed by atoms with E-state index < -0.39 is 22.4 Å². The van der Waals surface area contributed by atoms with Gasteiger partial charge in [0.15, 0.2) is 11.5 Å². The summed E-state index contributed by atoms with van der Waals surface area (Å²) in [5.74, 6) is 2.68. The Morgan fingerprint density at radius 1 is 1.08 bits per heavy atom. The molecule has 0 aromatic heterocycles. The van der Waals surface area contributed by atoms with E-state index in [1.54, 1.807) is 37.7 Å². The summed E-state index contributed by atoms with van der Waals surface area (Å²) in [5.41, 5.74) is 1.95. The van der Waals surface area contributed by atoms with E-state index in [9.17, 15) is 14.7 Å². The Balaban J connectivity index is 1.58. The largest absolute Gasteiger partial charge is 0.543 e. The Kier molecular flexibility index (Phi) is 10.1. The smallest absolute Gasteiger partial charge is 0.252 e. The van der Waals surface area contributed by atoms with E-state index >= 15 is 0 Å². The highest BCUT2D eigenvalue weighted by Crippen LogP contribution is 2.58. The van der Waals surface area contributed by atoms with E-state index in [4.69, 9.17) is 18.9 Å². The van der Waals surface area contributed by atoms with Crippen LogP contribution in [0.25, 0.3) is 0 Å². The lowest BCUT2D eigenvalue weighted by Crippen LogP contribution is -2.47. The molecule has 1 unspecified atom stereocenters.